The van der Waals surface area contributed by atoms with Crippen LogP contribution in [0.4, 0.5) is 0 Å². The second-order valence-corrected chi connectivity index (χ2v) is 10.0. The SMILES string of the molecule is Cc1cc(/C(=C\NS(C)(=O)=O)C2=CCCCC2)c2c(C)ccc(C(C)C)cc1-2. The van der Waals surface area contributed by atoms with E-state index in [-0.39, 0.29) is 0 Å². The van der Waals surface area contributed by atoms with Gasteiger partial charge in [0.15, 0.2) is 0 Å². The summed E-state index contributed by atoms with van der Waals surface area (Å²) in [4.78, 5) is 0. The zero-order valence-electron chi connectivity index (χ0n) is 17.6. The third kappa shape index (κ3) is 4.49. The van der Waals surface area contributed by atoms with Gasteiger partial charge >= 0.3 is 0 Å². The summed E-state index contributed by atoms with van der Waals surface area (Å²) in [7, 11) is -3.31. The Morgan fingerprint density at radius 3 is 2.46 bits per heavy atom. The summed E-state index contributed by atoms with van der Waals surface area (Å²) in [5, 5.41) is 0. The van der Waals surface area contributed by atoms with Crippen LogP contribution in [0.15, 0.2) is 42.1 Å². The predicted octanol–water partition coefficient (Wildman–Crippen LogP) is 5.92. The maximum absolute atomic E-state index is 11.8. The zero-order valence-corrected chi connectivity index (χ0v) is 18.4. The van der Waals surface area contributed by atoms with Crippen molar-refractivity contribution in [3.63, 3.8) is 0 Å². The Bertz CT molecular complexity index is 1010. The molecule has 150 valence electrons. The molecule has 3 rings (SSSR count). The van der Waals surface area contributed by atoms with Gasteiger partial charge in [-0.1, -0.05) is 44.2 Å². The second-order valence-electron chi connectivity index (χ2n) is 8.27. The van der Waals surface area contributed by atoms with E-state index in [4.69, 9.17) is 0 Å². The molecule has 0 heterocycles. The molecule has 0 amide bonds. The standard InChI is InChI=1S/C24H31NO2S/c1-16(2)20-12-11-17(3)24-21(14-20)18(4)13-22(24)23(15-25-28(5,26)27)19-9-7-6-8-10-19/h9,11-16,25H,6-8,10H2,1-5H3/b23-15-. The van der Waals surface area contributed by atoms with Gasteiger partial charge in [0.2, 0.25) is 10.0 Å². The van der Waals surface area contributed by atoms with Gasteiger partial charge in [-0.25, -0.2) is 8.42 Å². The molecule has 0 bridgehead atoms. The van der Waals surface area contributed by atoms with Crippen LogP contribution < -0.4 is 4.72 Å². The summed E-state index contributed by atoms with van der Waals surface area (Å²) in [5.74, 6) is 0.454. The topological polar surface area (TPSA) is 46.2 Å². The lowest BCUT2D eigenvalue weighted by Gasteiger charge is -2.18. The van der Waals surface area contributed by atoms with Crippen molar-refractivity contribution in [3.8, 4) is 11.1 Å². The minimum Gasteiger partial charge on any atom is -0.290 e. The number of hydrogen-bond acceptors (Lipinski definition) is 2. The van der Waals surface area contributed by atoms with E-state index in [9.17, 15) is 8.42 Å². The largest absolute Gasteiger partial charge is 0.290 e. The van der Waals surface area contributed by atoms with Crippen LogP contribution in [0, 0.1) is 13.8 Å². The van der Waals surface area contributed by atoms with Crippen molar-refractivity contribution in [3.05, 3.63) is 64.4 Å². The first-order chi connectivity index (χ1) is 13.2. The predicted molar refractivity (Wildman–Crippen MR) is 119 cm³/mol. The van der Waals surface area contributed by atoms with Crippen molar-refractivity contribution in [1.82, 2.24) is 4.72 Å². The Labute approximate surface area is 170 Å². The summed E-state index contributed by atoms with van der Waals surface area (Å²) in [5.41, 5.74) is 9.60. The van der Waals surface area contributed by atoms with Crippen molar-refractivity contribution in [2.75, 3.05) is 6.26 Å². The molecule has 0 radical (unpaired) electrons. The van der Waals surface area contributed by atoms with Crippen LogP contribution in [-0.4, -0.2) is 14.7 Å². The summed E-state index contributed by atoms with van der Waals surface area (Å²) >= 11 is 0. The van der Waals surface area contributed by atoms with E-state index in [1.807, 2.05) is 0 Å². The molecule has 0 saturated carbocycles. The third-order valence-corrected chi connectivity index (χ3v) is 6.11. The first-order valence-electron chi connectivity index (χ1n) is 10.1. The monoisotopic (exact) mass is 397 g/mol. The molecule has 1 N–H and O–H groups in total. The Morgan fingerprint density at radius 1 is 1.11 bits per heavy atom. The van der Waals surface area contributed by atoms with E-state index in [1.165, 1.54) is 46.1 Å². The van der Waals surface area contributed by atoms with Crippen molar-refractivity contribution in [2.45, 2.75) is 59.3 Å². The zero-order chi connectivity index (χ0) is 20.5. The minimum absolute atomic E-state index is 0.454. The molecule has 0 aromatic rings. The number of aryl methyl sites for hydroxylation is 2. The average Bonchev–Trinajstić information content (AvgIpc) is 2.82. The number of hydrogen-bond donors (Lipinski definition) is 1. The first kappa shape index (κ1) is 20.7. The Kier molecular flexibility index (Phi) is 5.99. The molecular weight excluding hydrogens is 366 g/mol. The lowest BCUT2D eigenvalue weighted by atomic mass is 9.88. The second kappa shape index (κ2) is 8.12. The minimum atomic E-state index is -3.31. The molecule has 0 fully saturated rings. The van der Waals surface area contributed by atoms with Crippen LogP contribution in [0.3, 0.4) is 0 Å². The first-order valence-corrected chi connectivity index (χ1v) is 12.0. The molecule has 0 unspecified atom stereocenters. The van der Waals surface area contributed by atoms with Gasteiger partial charge in [0, 0.05) is 11.8 Å². The quantitative estimate of drug-likeness (QED) is 0.680. The van der Waals surface area contributed by atoms with Gasteiger partial charge in [-0.15, -0.1) is 0 Å². The molecule has 0 aromatic heterocycles. The molecule has 0 spiro atoms. The highest BCUT2D eigenvalue weighted by Crippen LogP contribution is 2.42. The molecule has 28 heavy (non-hydrogen) atoms. The van der Waals surface area contributed by atoms with Crippen LogP contribution in [0.5, 0.6) is 0 Å². The highest BCUT2D eigenvalue weighted by atomic mass is 32.2. The van der Waals surface area contributed by atoms with Crippen LogP contribution in [0.2, 0.25) is 0 Å². The van der Waals surface area contributed by atoms with Crippen LogP contribution in [-0.2, 0) is 10.0 Å². The third-order valence-electron chi connectivity index (χ3n) is 5.57. The smallest absolute Gasteiger partial charge is 0.229 e. The van der Waals surface area contributed by atoms with Crippen molar-refractivity contribution in [2.24, 2.45) is 0 Å². The lowest BCUT2D eigenvalue weighted by Crippen LogP contribution is -2.16. The maximum atomic E-state index is 11.8. The summed E-state index contributed by atoms with van der Waals surface area (Å²) < 4.78 is 26.2. The number of nitrogens with one attached hydrogen (secondary N) is 1. The fourth-order valence-electron chi connectivity index (χ4n) is 4.00. The number of fused-ring (bicyclic) bond motifs is 1. The molecule has 0 aromatic carbocycles. The van der Waals surface area contributed by atoms with E-state index in [2.05, 4.69) is 62.8 Å². The Morgan fingerprint density at radius 2 is 1.86 bits per heavy atom. The number of rotatable bonds is 5. The van der Waals surface area contributed by atoms with Crippen LogP contribution >= 0.6 is 0 Å². The Balaban J connectivity index is 2.23. The molecule has 0 aliphatic heterocycles. The molecular formula is C24H31NO2S. The molecule has 3 aliphatic carbocycles. The van der Waals surface area contributed by atoms with E-state index >= 15 is 0 Å². The highest BCUT2D eigenvalue weighted by Gasteiger charge is 2.22. The van der Waals surface area contributed by atoms with Crippen molar-refractivity contribution in [1.29, 1.82) is 0 Å². The molecule has 3 nitrogen and oxygen atoms in total. The highest BCUT2D eigenvalue weighted by molar-refractivity contribution is 7.88. The average molecular weight is 398 g/mol. The van der Waals surface area contributed by atoms with Crippen molar-refractivity contribution >= 4 is 15.6 Å². The van der Waals surface area contributed by atoms with Gasteiger partial charge in [-0.05, 0) is 84.4 Å². The van der Waals surface area contributed by atoms with Gasteiger partial charge in [0.05, 0.1) is 6.26 Å². The van der Waals surface area contributed by atoms with Crippen molar-refractivity contribution < 1.29 is 8.42 Å². The van der Waals surface area contributed by atoms with E-state index in [1.54, 1.807) is 6.20 Å². The fraction of sp³-hybridized carbons (Fsp3) is 0.417. The van der Waals surface area contributed by atoms with Gasteiger partial charge in [0.1, 0.15) is 0 Å². The molecule has 4 heteroatoms. The fourth-order valence-corrected chi connectivity index (χ4v) is 4.33. The van der Waals surface area contributed by atoms with Crippen LogP contribution in [0.1, 0.15) is 67.7 Å². The molecule has 0 atom stereocenters. The van der Waals surface area contributed by atoms with E-state index in [0.717, 1.165) is 30.4 Å². The van der Waals surface area contributed by atoms with Gasteiger partial charge in [-0.2, -0.15) is 0 Å². The van der Waals surface area contributed by atoms with E-state index < -0.39 is 10.0 Å². The van der Waals surface area contributed by atoms with Gasteiger partial charge in [0.25, 0.3) is 0 Å². The van der Waals surface area contributed by atoms with Gasteiger partial charge < -0.3 is 0 Å². The maximum Gasteiger partial charge on any atom is 0.229 e. The molecule has 0 saturated heterocycles. The summed E-state index contributed by atoms with van der Waals surface area (Å²) in [6.45, 7) is 8.71. The number of allylic oxidation sites excluding steroid dienone is 3. The van der Waals surface area contributed by atoms with Gasteiger partial charge in [-0.3, -0.25) is 4.72 Å². The lowest BCUT2D eigenvalue weighted by molar-refractivity contribution is 0.596. The Hall–Kier alpha value is -2.07. The summed E-state index contributed by atoms with van der Waals surface area (Å²) in [6.07, 6.45) is 9.53. The van der Waals surface area contributed by atoms with E-state index in [0.29, 0.717) is 5.92 Å². The van der Waals surface area contributed by atoms with Crippen LogP contribution in [0.25, 0.3) is 16.7 Å². The normalized spacial score (nSPS) is 15.8. The summed E-state index contributed by atoms with van der Waals surface area (Å²) in [6, 6.07) is 8.91. The number of sulfonamides is 1. The molecule has 3 aliphatic rings.